The first-order valence-electron chi connectivity index (χ1n) is 9.35. The Labute approximate surface area is 162 Å². The van der Waals surface area contributed by atoms with Gasteiger partial charge in [-0.1, -0.05) is 31.2 Å². The Morgan fingerprint density at radius 2 is 1.89 bits per heavy atom. The summed E-state index contributed by atoms with van der Waals surface area (Å²) in [4.78, 5) is 30.4. The molecule has 4 aromatic rings. The van der Waals surface area contributed by atoms with E-state index in [0.717, 1.165) is 28.0 Å². The Balaban J connectivity index is 1.84. The van der Waals surface area contributed by atoms with Crippen molar-refractivity contribution < 1.29 is 4.79 Å². The smallest absolute Gasteiger partial charge is 0.262 e. The molecule has 0 aliphatic rings. The Kier molecular flexibility index (Phi) is 4.47. The second kappa shape index (κ2) is 6.96. The molecule has 142 valence electrons. The minimum atomic E-state index is -0.159. The number of nitrogens with zero attached hydrogens (tertiary/aromatic N) is 3. The van der Waals surface area contributed by atoms with Crippen molar-refractivity contribution in [2.45, 2.75) is 33.7 Å². The average molecular weight is 374 g/mol. The molecule has 6 nitrogen and oxygen atoms in total. The van der Waals surface area contributed by atoms with Gasteiger partial charge in [0.25, 0.3) is 5.56 Å². The standard InChI is InChI=1S/C22H22N4O2/c1-4-17-15(3)25(13-20(27)23-16-9-7-8-14(2)12-16)22-24-18-10-5-6-11-19(18)26(22)21(17)28/h5-12H,4,13H2,1-3H3,(H,23,27). The second-order valence-corrected chi connectivity index (χ2v) is 6.96. The third kappa shape index (κ3) is 2.97. The van der Waals surface area contributed by atoms with E-state index in [1.807, 2.05) is 73.9 Å². The molecular formula is C22H22N4O2. The normalized spacial score (nSPS) is 11.2. The first kappa shape index (κ1) is 18.0. The van der Waals surface area contributed by atoms with Crippen LogP contribution in [0.3, 0.4) is 0 Å². The number of hydrogen-bond acceptors (Lipinski definition) is 3. The number of benzene rings is 2. The van der Waals surface area contributed by atoms with Crippen LogP contribution >= 0.6 is 0 Å². The molecule has 28 heavy (non-hydrogen) atoms. The Morgan fingerprint density at radius 3 is 2.64 bits per heavy atom. The van der Waals surface area contributed by atoms with E-state index in [4.69, 9.17) is 0 Å². The van der Waals surface area contributed by atoms with E-state index >= 15 is 0 Å². The topological polar surface area (TPSA) is 68.4 Å². The number of nitrogens with one attached hydrogen (secondary N) is 1. The van der Waals surface area contributed by atoms with E-state index in [0.29, 0.717) is 17.8 Å². The number of fused-ring (bicyclic) bond motifs is 3. The van der Waals surface area contributed by atoms with E-state index in [-0.39, 0.29) is 18.0 Å². The molecule has 0 unspecified atom stereocenters. The Morgan fingerprint density at radius 1 is 1.11 bits per heavy atom. The zero-order chi connectivity index (χ0) is 19.8. The summed E-state index contributed by atoms with van der Waals surface area (Å²) in [6, 6.07) is 15.2. The van der Waals surface area contributed by atoms with Gasteiger partial charge < -0.3 is 9.88 Å². The van der Waals surface area contributed by atoms with Crippen LogP contribution in [0, 0.1) is 13.8 Å². The number of hydrogen-bond donors (Lipinski definition) is 1. The monoisotopic (exact) mass is 374 g/mol. The lowest BCUT2D eigenvalue weighted by Crippen LogP contribution is -2.28. The number of carbonyl (C=O) groups is 1. The number of amides is 1. The molecule has 0 aliphatic heterocycles. The molecule has 0 aliphatic carbocycles. The van der Waals surface area contributed by atoms with Crippen LogP contribution in [0.25, 0.3) is 16.8 Å². The first-order valence-corrected chi connectivity index (χ1v) is 9.35. The van der Waals surface area contributed by atoms with Crippen LogP contribution in [0.1, 0.15) is 23.7 Å². The highest BCUT2D eigenvalue weighted by atomic mass is 16.2. The summed E-state index contributed by atoms with van der Waals surface area (Å²) < 4.78 is 3.44. The van der Waals surface area contributed by atoms with Gasteiger partial charge in [-0.15, -0.1) is 0 Å². The van der Waals surface area contributed by atoms with Gasteiger partial charge in [-0.05, 0) is 50.1 Å². The third-order valence-corrected chi connectivity index (χ3v) is 5.04. The third-order valence-electron chi connectivity index (χ3n) is 5.04. The Bertz CT molecular complexity index is 1270. The molecule has 0 radical (unpaired) electrons. The van der Waals surface area contributed by atoms with E-state index in [2.05, 4.69) is 10.3 Å². The molecule has 4 rings (SSSR count). The van der Waals surface area contributed by atoms with Crippen LogP contribution in [-0.4, -0.2) is 19.9 Å². The van der Waals surface area contributed by atoms with Crippen LogP contribution in [0.2, 0.25) is 0 Å². The van der Waals surface area contributed by atoms with Gasteiger partial charge in [0.1, 0.15) is 6.54 Å². The summed E-state index contributed by atoms with van der Waals surface area (Å²) in [6.07, 6.45) is 0.590. The predicted octanol–water partition coefficient (Wildman–Crippen LogP) is 3.47. The van der Waals surface area contributed by atoms with E-state index in [9.17, 15) is 9.59 Å². The molecule has 0 saturated carbocycles. The Hall–Kier alpha value is -3.41. The van der Waals surface area contributed by atoms with Gasteiger partial charge >= 0.3 is 0 Å². The molecule has 0 saturated heterocycles. The molecule has 0 atom stereocenters. The van der Waals surface area contributed by atoms with Crippen molar-refractivity contribution in [1.29, 1.82) is 0 Å². The van der Waals surface area contributed by atoms with Crippen molar-refractivity contribution in [1.82, 2.24) is 14.0 Å². The molecule has 2 heterocycles. The highest BCUT2D eigenvalue weighted by Crippen LogP contribution is 2.18. The van der Waals surface area contributed by atoms with Crippen LogP contribution in [0.4, 0.5) is 5.69 Å². The summed E-state index contributed by atoms with van der Waals surface area (Å²) in [5.74, 6) is 0.327. The molecule has 2 aromatic carbocycles. The van der Waals surface area contributed by atoms with Gasteiger partial charge in [0.2, 0.25) is 11.7 Å². The SMILES string of the molecule is CCc1c(C)n(CC(=O)Nc2cccc(C)c2)c2nc3ccccc3n2c1=O. The second-order valence-electron chi connectivity index (χ2n) is 6.96. The van der Waals surface area contributed by atoms with Gasteiger partial charge in [-0.2, -0.15) is 0 Å². The molecule has 0 spiro atoms. The minimum absolute atomic E-state index is 0.0703. The zero-order valence-electron chi connectivity index (χ0n) is 16.2. The predicted molar refractivity (Wildman–Crippen MR) is 111 cm³/mol. The van der Waals surface area contributed by atoms with E-state index in [1.165, 1.54) is 0 Å². The van der Waals surface area contributed by atoms with Crippen LogP contribution in [0.15, 0.2) is 53.3 Å². The summed E-state index contributed by atoms with van der Waals surface area (Å²) in [5.41, 5.74) is 4.72. The van der Waals surface area contributed by atoms with Crippen molar-refractivity contribution in [2.24, 2.45) is 0 Å². The van der Waals surface area contributed by atoms with Gasteiger partial charge in [0.15, 0.2) is 0 Å². The molecule has 2 aromatic heterocycles. The van der Waals surface area contributed by atoms with Crippen molar-refractivity contribution >= 4 is 28.4 Å². The number of rotatable bonds is 4. The number of imidazole rings is 1. The highest BCUT2D eigenvalue weighted by Gasteiger charge is 2.18. The summed E-state index contributed by atoms with van der Waals surface area (Å²) in [5, 5.41) is 2.93. The maximum Gasteiger partial charge on any atom is 0.262 e. The van der Waals surface area contributed by atoms with Crippen molar-refractivity contribution in [3.05, 3.63) is 75.7 Å². The number of anilines is 1. The summed E-state index contributed by atoms with van der Waals surface area (Å²) in [6.45, 7) is 5.89. The summed E-state index contributed by atoms with van der Waals surface area (Å²) in [7, 11) is 0. The number of aryl methyl sites for hydroxylation is 1. The van der Waals surface area contributed by atoms with Crippen LogP contribution in [-0.2, 0) is 17.8 Å². The van der Waals surface area contributed by atoms with Crippen molar-refractivity contribution in [3.8, 4) is 0 Å². The van der Waals surface area contributed by atoms with Gasteiger partial charge in [0, 0.05) is 16.9 Å². The van der Waals surface area contributed by atoms with E-state index in [1.54, 1.807) is 4.40 Å². The quantitative estimate of drug-likeness (QED) is 0.595. The molecule has 1 amide bonds. The van der Waals surface area contributed by atoms with Gasteiger partial charge in [0.05, 0.1) is 11.0 Å². The number of aromatic nitrogens is 3. The number of carbonyl (C=O) groups excluding carboxylic acids is 1. The molecule has 1 N–H and O–H groups in total. The zero-order valence-corrected chi connectivity index (χ0v) is 16.2. The lowest BCUT2D eigenvalue weighted by molar-refractivity contribution is -0.116. The lowest BCUT2D eigenvalue weighted by atomic mass is 10.2. The molecule has 0 fully saturated rings. The molecule has 6 heteroatoms. The fourth-order valence-corrected chi connectivity index (χ4v) is 3.66. The minimum Gasteiger partial charge on any atom is -0.325 e. The summed E-state index contributed by atoms with van der Waals surface area (Å²) >= 11 is 0. The van der Waals surface area contributed by atoms with Gasteiger partial charge in [-0.25, -0.2) is 9.38 Å². The average Bonchev–Trinajstić information content (AvgIpc) is 3.05. The highest BCUT2D eigenvalue weighted by molar-refractivity contribution is 5.91. The van der Waals surface area contributed by atoms with Crippen LogP contribution < -0.4 is 10.9 Å². The van der Waals surface area contributed by atoms with Crippen molar-refractivity contribution in [3.63, 3.8) is 0 Å². The van der Waals surface area contributed by atoms with E-state index < -0.39 is 0 Å². The van der Waals surface area contributed by atoms with Gasteiger partial charge in [-0.3, -0.25) is 9.59 Å². The fourth-order valence-electron chi connectivity index (χ4n) is 3.66. The van der Waals surface area contributed by atoms with Crippen LogP contribution in [0.5, 0.6) is 0 Å². The molecule has 0 bridgehead atoms. The maximum absolute atomic E-state index is 13.0. The lowest BCUT2D eigenvalue weighted by Gasteiger charge is -2.15. The first-order chi connectivity index (χ1) is 13.5. The van der Waals surface area contributed by atoms with Crippen molar-refractivity contribution in [2.75, 3.05) is 5.32 Å². The fraction of sp³-hybridized carbons (Fsp3) is 0.227. The molecular weight excluding hydrogens is 352 g/mol. The number of para-hydroxylation sites is 2. The maximum atomic E-state index is 13.0. The largest absolute Gasteiger partial charge is 0.325 e.